The first kappa shape index (κ1) is 15.0. The van der Waals surface area contributed by atoms with E-state index < -0.39 is 0 Å². The zero-order chi connectivity index (χ0) is 13.4. The third-order valence-electron chi connectivity index (χ3n) is 3.41. The predicted octanol–water partition coefficient (Wildman–Crippen LogP) is 1.26. The molecule has 0 radical (unpaired) electrons. The van der Waals surface area contributed by atoms with Crippen molar-refractivity contribution in [3.63, 3.8) is 0 Å². The lowest BCUT2D eigenvalue weighted by molar-refractivity contribution is -0.147. The molecule has 0 aliphatic carbocycles. The van der Waals surface area contributed by atoms with Gasteiger partial charge >= 0.3 is 5.97 Å². The summed E-state index contributed by atoms with van der Waals surface area (Å²) in [6.45, 7) is 5.25. The molecule has 1 aliphatic rings. The Balaban J connectivity index is 2.10. The SMILES string of the molecule is CCC(COC=O)CC(=O)OCC1CC(CC)N1. The van der Waals surface area contributed by atoms with E-state index in [0.29, 0.717) is 31.6 Å². The number of hydrogen-bond donors (Lipinski definition) is 1. The Morgan fingerprint density at radius 2 is 2.17 bits per heavy atom. The van der Waals surface area contributed by atoms with E-state index in [0.717, 1.165) is 19.3 Å². The summed E-state index contributed by atoms with van der Waals surface area (Å²) in [7, 11) is 0. The van der Waals surface area contributed by atoms with Crippen LogP contribution in [0.4, 0.5) is 0 Å². The van der Waals surface area contributed by atoms with Gasteiger partial charge in [0.15, 0.2) is 0 Å². The van der Waals surface area contributed by atoms with Gasteiger partial charge in [-0.05, 0) is 19.3 Å². The highest BCUT2D eigenvalue weighted by Crippen LogP contribution is 2.15. The van der Waals surface area contributed by atoms with Gasteiger partial charge in [0.25, 0.3) is 6.47 Å². The summed E-state index contributed by atoms with van der Waals surface area (Å²) in [4.78, 5) is 21.7. The number of nitrogens with one attached hydrogen (secondary N) is 1. The van der Waals surface area contributed by atoms with Gasteiger partial charge < -0.3 is 14.8 Å². The van der Waals surface area contributed by atoms with Crippen molar-refractivity contribution in [2.24, 2.45) is 5.92 Å². The van der Waals surface area contributed by atoms with Crippen LogP contribution in [0.3, 0.4) is 0 Å². The molecule has 5 heteroatoms. The van der Waals surface area contributed by atoms with Crippen LogP contribution >= 0.6 is 0 Å². The van der Waals surface area contributed by atoms with Crippen LogP contribution in [0, 0.1) is 5.92 Å². The molecule has 1 aliphatic heterocycles. The zero-order valence-electron chi connectivity index (χ0n) is 11.2. The number of esters is 1. The number of carbonyl (C=O) groups is 2. The van der Waals surface area contributed by atoms with Crippen molar-refractivity contribution in [1.29, 1.82) is 0 Å². The minimum absolute atomic E-state index is 0.0560. The minimum atomic E-state index is -0.210. The molecular weight excluding hydrogens is 234 g/mol. The molecule has 1 fully saturated rings. The van der Waals surface area contributed by atoms with E-state index in [1.54, 1.807) is 0 Å². The fourth-order valence-corrected chi connectivity index (χ4v) is 2.04. The lowest BCUT2D eigenvalue weighted by Crippen LogP contribution is -2.54. The molecule has 1 N–H and O–H groups in total. The van der Waals surface area contributed by atoms with Crippen molar-refractivity contribution in [3.05, 3.63) is 0 Å². The van der Waals surface area contributed by atoms with E-state index in [4.69, 9.17) is 4.74 Å². The van der Waals surface area contributed by atoms with Gasteiger partial charge in [0.2, 0.25) is 0 Å². The van der Waals surface area contributed by atoms with Crippen LogP contribution in [0.1, 0.15) is 39.5 Å². The van der Waals surface area contributed by atoms with Crippen LogP contribution in [0.5, 0.6) is 0 Å². The Hall–Kier alpha value is -1.10. The molecule has 1 saturated heterocycles. The molecule has 0 aromatic heterocycles. The molecule has 3 unspecified atom stereocenters. The van der Waals surface area contributed by atoms with Crippen LogP contribution in [0.15, 0.2) is 0 Å². The fourth-order valence-electron chi connectivity index (χ4n) is 2.04. The van der Waals surface area contributed by atoms with Crippen molar-refractivity contribution >= 4 is 12.4 Å². The first-order valence-electron chi connectivity index (χ1n) is 6.66. The van der Waals surface area contributed by atoms with Crippen LogP contribution in [-0.4, -0.2) is 37.7 Å². The molecule has 5 nitrogen and oxygen atoms in total. The smallest absolute Gasteiger partial charge is 0.306 e. The van der Waals surface area contributed by atoms with E-state index >= 15 is 0 Å². The second-order valence-electron chi connectivity index (χ2n) is 4.80. The Kier molecular flexibility index (Phi) is 6.72. The van der Waals surface area contributed by atoms with Crippen molar-refractivity contribution in [2.75, 3.05) is 13.2 Å². The van der Waals surface area contributed by atoms with Gasteiger partial charge in [0, 0.05) is 18.0 Å². The second kappa shape index (κ2) is 8.08. The lowest BCUT2D eigenvalue weighted by atomic mass is 9.96. The molecule has 18 heavy (non-hydrogen) atoms. The topological polar surface area (TPSA) is 64.6 Å². The maximum atomic E-state index is 11.6. The molecule has 1 heterocycles. The zero-order valence-corrected chi connectivity index (χ0v) is 11.2. The van der Waals surface area contributed by atoms with E-state index in [-0.39, 0.29) is 18.5 Å². The molecular formula is C13H23NO4. The van der Waals surface area contributed by atoms with Gasteiger partial charge in [0.05, 0.1) is 13.0 Å². The molecule has 0 bridgehead atoms. The van der Waals surface area contributed by atoms with E-state index in [9.17, 15) is 9.59 Å². The highest BCUT2D eigenvalue weighted by molar-refractivity contribution is 5.69. The Morgan fingerprint density at radius 3 is 2.72 bits per heavy atom. The largest absolute Gasteiger partial charge is 0.468 e. The summed E-state index contributed by atoms with van der Waals surface area (Å²) in [5.74, 6) is -0.154. The molecule has 0 saturated carbocycles. The normalized spacial score (nSPS) is 23.9. The van der Waals surface area contributed by atoms with E-state index in [1.807, 2.05) is 6.92 Å². The average Bonchev–Trinajstić information content (AvgIpc) is 2.32. The van der Waals surface area contributed by atoms with Crippen molar-refractivity contribution in [3.8, 4) is 0 Å². The minimum Gasteiger partial charge on any atom is -0.468 e. The first-order valence-corrected chi connectivity index (χ1v) is 6.66. The molecule has 0 aromatic rings. The van der Waals surface area contributed by atoms with Crippen molar-refractivity contribution in [1.82, 2.24) is 5.32 Å². The van der Waals surface area contributed by atoms with E-state index in [2.05, 4.69) is 17.0 Å². The monoisotopic (exact) mass is 257 g/mol. The second-order valence-corrected chi connectivity index (χ2v) is 4.80. The van der Waals surface area contributed by atoms with Crippen molar-refractivity contribution in [2.45, 2.75) is 51.6 Å². The first-order chi connectivity index (χ1) is 8.69. The van der Waals surface area contributed by atoms with Gasteiger partial charge in [-0.1, -0.05) is 13.8 Å². The van der Waals surface area contributed by atoms with Crippen LogP contribution in [-0.2, 0) is 19.1 Å². The quantitative estimate of drug-likeness (QED) is 0.497. The lowest BCUT2D eigenvalue weighted by Gasteiger charge is -2.36. The summed E-state index contributed by atoms with van der Waals surface area (Å²) in [6.07, 6.45) is 3.30. The summed E-state index contributed by atoms with van der Waals surface area (Å²) in [5, 5.41) is 3.34. The Labute approximate surface area is 108 Å². The maximum Gasteiger partial charge on any atom is 0.306 e. The highest BCUT2D eigenvalue weighted by Gasteiger charge is 2.27. The van der Waals surface area contributed by atoms with Crippen LogP contribution < -0.4 is 5.32 Å². The number of carbonyl (C=O) groups excluding carboxylic acids is 2. The average molecular weight is 257 g/mol. The predicted molar refractivity (Wildman–Crippen MR) is 67.0 cm³/mol. The molecule has 1 rings (SSSR count). The van der Waals surface area contributed by atoms with Gasteiger partial charge in [-0.3, -0.25) is 9.59 Å². The summed E-state index contributed by atoms with van der Waals surface area (Å²) < 4.78 is 9.88. The molecule has 0 aromatic carbocycles. The fraction of sp³-hybridized carbons (Fsp3) is 0.846. The summed E-state index contributed by atoms with van der Waals surface area (Å²) in [5.41, 5.74) is 0. The van der Waals surface area contributed by atoms with Crippen molar-refractivity contribution < 1.29 is 19.1 Å². The van der Waals surface area contributed by atoms with Gasteiger partial charge in [-0.2, -0.15) is 0 Å². The van der Waals surface area contributed by atoms with Gasteiger partial charge in [-0.15, -0.1) is 0 Å². The third kappa shape index (κ3) is 5.04. The van der Waals surface area contributed by atoms with Gasteiger partial charge in [-0.25, -0.2) is 0 Å². The summed E-state index contributed by atoms with van der Waals surface area (Å²) >= 11 is 0. The molecule has 3 atom stereocenters. The van der Waals surface area contributed by atoms with Crippen LogP contribution in [0.25, 0.3) is 0 Å². The number of hydrogen-bond acceptors (Lipinski definition) is 5. The standard InChI is InChI=1S/C13H23NO4/c1-3-10(7-17-9-15)5-13(16)18-8-12-6-11(4-2)14-12/h9-12,14H,3-8H2,1-2H3. The van der Waals surface area contributed by atoms with E-state index in [1.165, 1.54) is 0 Å². The highest BCUT2D eigenvalue weighted by atomic mass is 16.5. The maximum absolute atomic E-state index is 11.6. The molecule has 0 spiro atoms. The molecule has 104 valence electrons. The number of ether oxygens (including phenoxy) is 2. The Morgan fingerprint density at radius 1 is 1.44 bits per heavy atom. The Bertz CT molecular complexity index is 264. The number of rotatable bonds is 9. The van der Waals surface area contributed by atoms with Crippen LogP contribution in [0.2, 0.25) is 0 Å². The molecule has 0 amide bonds. The summed E-state index contributed by atoms with van der Waals surface area (Å²) in [6, 6.07) is 0.892. The third-order valence-corrected chi connectivity index (χ3v) is 3.41. The van der Waals surface area contributed by atoms with Gasteiger partial charge in [0.1, 0.15) is 6.61 Å².